The lowest BCUT2D eigenvalue weighted by molar-refractivity contribution is -0.222. The fourth-order valence-electron chi connectivity index (χ4n) is 6.05. The summed E-state index contributed by atoms with van der Waals surface area (Å²) in [4.78, 5) is 17.8. The van der Waals surface area contributed by atoms with E-state index in [0.717, 1.165) is 43.2 Å². The van der Waals surface area contributed by atoms with Gasteiger partial charge in [0.1, 0.15) is 23.3 Å². The highest BCUT2D eigenvalue weighted by Gasteiger charge is 2.72. The van der Waals surface area contributed by atoms with E-state index in [2.05, 4.69) is 14.7 Å². The minimum Gasteiger partial charge on any atom is -0.328 e. The van der Waals surface area contributed by atoms with Gasteiger partial charge in [0.05, 0.1) is 22.5 Å². The molecule has 2 aromatic carbocycles. The molecule has 3 aromatic rings. The Morgan fingerprint density at radius 2 is 1.78 bits per heavy atom. The maximum atomic E-state index is 13.7. The second-order valence-electron chi connectivity index (χ2n) is 9.59. The average Bonchev–Trinajstić information content (AvgIpc) is 3.26. The van der Waals surface area contributed by atoms with Gasteiger partial charge in [-0.25, -0.2) is 23.2 Å². The van der Waals surface area contributed by atoms with E-state index in [0.29, 0.717) is 17.5 Å². The number of rotatable bonds is 4. The van der Waals surface area contributed by atoms with E-state index in [-0.39, 0.29) is 17.1 Å². The standard InChI is InChI=1S/C24H21F3N4O/c1-14-29-19-9-16(25)2-3-21(19)30(14)13-23-10-24(11-23,12-23)22(32)31-20(4-5-28-31)15-6-17(26)8-18(27)7-15/h2-3,5-9,20H,4,10-13H2,1H3. The van der Waals surface area contributed by atoms with Crippen molar-refractivity contribution in [1.82, 2.24) is 14.6 Å². The molecule has 1 unspecified atom stereocenters. The fourth-order valence-corrected chi connectivity index (χ4v) is 6.05. The Hall–Kier alpha value is -3.16. The second-order valence-corrected chi connectivity index (χ2v) is 9.59. The van der Waals surface area contributed by atoms with Crippen molar-refractivity contribution in [2.24, 2.45) is 15.9 Å². The van der Waals surface area contributed by atoms with Gasteiger partial charge in [-0.3, -0.25) is 4.79 Å². The predicted molar refractivity (Wildman–Crippen MR) is 112 cm³/mol. The first-order chi connectivity index (χ1) is 15.3. The number of carbonyl (C=O) groups is 1. The van der Waals surface area contributed by atoms with Gasteiger partial charge in [-0.1, -0.05) is 0 Å². The molecule has 0 N–H and O–H groups in total. The van der Waals surface area contributed by atoms with Crippen LogP contribution in [0.15, 0.2) is 41.5 Å². The predicted octanol–water partition coefficient (Wildman–Crippen LogP) is 4.89. The molecule has 0 radical (unpaired) electrons. The number of aryl methyl sites for hydroxylation is 1. The van der Waals surface area contributed by atoms with Crippen LogP contribution in [0.2, 0.25) is 0 Å². The Balaban J connectivity index is 1.19. The molecule has 2 heterocycles. The number of amides is 1. The fraction of sp³-hybridized carbons (Fsp3) is 0.375. The van der Waals surface area contributed by atoms with Gasteiger partial charge in [-0.15, -0.1) is 0 Å². The number of carbonyl (C=O) groups excluding carboxylic acids is 1. The lowest BCUT2D eigenvalue weighted by Gasteiger charge is -2.70. The van der Waals surface area contributed by atoms with Crippen LogP contribution in [-0.4, -0.2) is 26.7 Å². The quantitative estimate of drug-likeness (QED) is 0.582. The van der Waals surface area contributed by atoms with Crippen molar-refractivity contribution in [1.29, 1.82) is 0 Å². The first-order valence-electron chi connectivity index (χ1n) is 10.7. The average molecular weight is 438 g/mol. The van der Waals surface area contributed by atoms with Crippen molar-refractivity contribution in [3.63, 3.8) is 0 Å². The molecule has 1 atom stereocenters. The van der Waals surface area contributed by atoms with E-state index in [9.17, 15) is 18.0 Å². The smallest absolute Gasteiger partial charge is 0.249 e. The zero-order valence-electron chi connectivity index (χ0n) is 17.5. The van der Waals surface area contributed by atoms with Crippen molar-refractivity contribution in [2.75, 3.05) is 0 Å². The summed E-state index contributed by atoms with van der Waals surface area (Å²) in [6.07, 6.45) is 4.31. The van der Waals surface area contributed by atoms with Crippen LogP contribution in [0.1, 0.15) is 43.1 Å². The van der Waals surface area contributed by atoms with Gasteiger partial charge in [-0.2, -0.15) is 5.10 Å². The van der Waals surface area contributed by atoms with Gasteiger partial charge in [0.25, 0.3) is 0 Å². The van der Waals surface area contributed by atoms with Crippen molar-refractivity contribution in [3.05, 3.63) is 65.2 Å². The van der Waals surface area contributed by atoms with E-state index < -0.39 is 23.1 Å². The van der Waals surface area contributed by atoms with E-state index >= 15 is 0 Å². The molecule has 1 aromatic heterocycles. The van der Waals surface area contributed by atoms with Gasteiger partial charge in [-0.05, 0) is 61.4 Å². The molecule has 1 aliphatic heterocycles. The van der Waals surface area contributed by atoms with Gasteiger partial charge in [0.2, 0.25) is 5.91 Å². The Morgan fingerprint density at radius 3 is 2.50 bits per heavy atom. The monoisotopic (exact) mass is 438 g/mol. The third-order valence-electron chi connectivity index (χ3n) is 7.30. The molecule has 3 fully saturated rings. The normalized spacial score (nSPS) is 28.1. The number of hydrogen-bond acceptors (Lipinski definition) is 3. The maximum Gasteiger partial charge on any atom is 0.249 e. The maximum absolute atomic E-state index is 13.7. The number of halogens is 3. The van der Waals surface area contributed by atoms with Crippen LogP contribution in [0, 0.1) is 35.2 Å². The Bertz CT molecular complexity index is 1270. The molecule has 3 saturated carbocycles. The van der Waals surface area contributed by atoms with Crippen LogP contribution < -0.4 is 0 Å². The van der Waals surface area contributed by atoms with E-state index in [1.807, 2.05) is 6.92 Å². The van der Waals surface area contributed by atoms with E-state index in [4.69, 9.17) is 0 Å². The summed E-state index contributed by atoms with van der Waals surface area (Å²) in [6.45, 7) is 2.64. The number of aromatic nitrogens is 2. The zero-order valence-corrected chi connectivity index (χ0v) is 17.5. The number of nitrogens with zero attached hydrogens (tertiary/aromatic N) is 4. The number of benzene rings is 2. The molecule has 3 aliphatic carbocycles. The Labute approximate surface area is 182 Å². The SMILES string of the molecule is Cc1nc2cc(F)ccc2n1CC12CC(C(=O)N3N=CCC3c3cc(F)cc(F)c3)(C1)C2. The van der Waals surface area contributed by atoms with Crippen LogP contribution in [0.4, 0.5) is 13.2 Å². The van der Waals surface area contributed by atoms with Gasteiger partial charge < -0.3 is 4.57 Å². The lowest BCUT2D eigenvalue weighted by Crippen LogP contribution is -2.68. The topological polar surface area (TPSA) is 50.5 Å². The lowest BCUT2D eigenvalue weighted by atomic mass is 9.34. The Morgan fingerprint density at radius 1 is 1.06 bits per heavy atom. The summed E-state index contributed by atoms with van der Waals surface area (Å²) in [7, 11) is 0. The summed E-state index contributed by atoms with van der Waals surface area (Å²) < 4.78 is 43.1. The number of fused-ring (bicyclic) bond motifs is 1. The highest BCUT2D eigenvalue weighted by Crippen LogP contribution is 2.75. The van der Waals surface area contributed by atoms with E-state index in [1.165, 1.54) is 29.3 Å². The molecule has 164 valence electrons. The molecular formula is C24H21F3N4O. The number of hydrogen-bond donors (Lipinski definition) is 0. The first kappa shape index (κ1) is 19.5. The molecule has 7 rings (SSSR count). The zero-order chi connectivity index (χ0) is 22.3. The van der Waals surface area contributed by atoms with Crippen molar-refractivity contribution >= 4 is 23.2 Å². The number of imidazole rings is 1. The van der Waals surface area contributed by atoms with Crippen molar-refractivity contribution in [3.8, 4) is 0 Å². The molecular weight excluding hydrogens is 417 g/mol. The highest BCUT2D eigenvalue weighted by molar-refractivity contribution is 5.88. The molecule has 5 nitrogen and oxygen atoms in total. The molecule has 1 amide bonds. The van der Waals surface area contributed by atoms with Gasteiger partial charge in [0, 0.05) is 31.3 Å². The second kappa shape index (κ2) is 6.43. The summed E-state index contributed by atoms with van der Waals surface area (Å²) in [5.41, 5.74) is 1.51. The number of hydrazone groups is 1. The van der Waals surface area contributed by atoms with Crippen LogP contribution in [0.5, 0.6) is 0 Å². The van der Waals surface area contributed by atoms with Gasteiger partial charge >= 0.3 is 0 Å². The molecule has 8 heteroatoms. The molecule has 32 heavy (non-hydrogen) atoms. The molecule has 4 aliphatic rings. The summed E-state index contributed by atoms with van der Waals surface area (Å²) in [5.74, 6) is -0.876. The van der Waals surface area contributed by atoms with Gasteiger partial charge in [0.15, 0.2) is 0 Å². The minimum absolute atomic E-state index is 0.0202. The van der Waals surface area contributed by atoms with E-state index in [1.54, 1.807) is 12.3 Å². The molecule has 2 bridgehead atoms. The summed E-state index contributed by atoms with van der Waals surface area (Å²) in [5, 5.41) is 5.67. The third-order valence-corrected chi connectivity index (χ3v) is 7.30. The third kappa shape index (κ3) is 2.74. The van der Waals surface area contributed by atoms with Crippen LogP contribution in [0.3, 0.4) is 0 Å². The summed E-state index contributed by atoms with van der Waals surface area (Å²) in [6, 6.07) is 7.50. The minimum atomic E-state index is -0.661. The first-order valence-corrected chi connectivity index (χ1v) is 10.7. The van der Waals surface area contributed by atoms with Crippen LogP contribution >= 0.6 is 0 Å². The largest absolute Gasteiger partial charge is 0.328 e. The van der Waals surface area contributed by atoms with Crippen molar-refractivity contribution in [2.45, 2.75) is 45.2 Å². The van der Waals surface area contributed by atoms with Crippen LogP contribution in [-0.2, 0) is 11.3 Å². The van der Waals surface area contributed by atoms with Crippen LogP contribution in [0.25, 0.3) is 11.0 Å². The Kier molecular flexibility index (Phi) is 3.92. The highest BCUT2D eigenvalue weighted by atomic mass is 19.1. The summed E-state index contributed by atoms with van der Waals surface area (Å²) >= 11 is 0. The molecule has 0 spiro atoms. The van der Waals surface area contributed by atoms with Crippen molar-refractivity contribution < 1.29 is 18.0 Å². The molecule has 0 saturated heterocycles.